The number of pyridine rings is 1. The number of aromatic amines is 1. The normalized spacial score (nSPS) is 10.6. The van der Waals surface area contributed by atoms with Gasteiger partial charge >= 0.3 is 0 Å². The van der Waals surface area contributed by atoms with Gasteiger partial charge in [-0.05, 0) is 29.8 Å². The molecule has 3 heterocycles. The molecule has 3 aromatic heterocycles. The van der Waals surface area contributed by atoms with Gasteiger partial charge < -0.3 is 10.3 Å². The molecule has 26 heavy (non-hydrogen) atoms. The van der Waals surface area contributed by atoms with Gasteiger partial charge in [-0.1, -0.05) is 12.1 Å². The number of H-pyrrole nitrogens is 1. The van der Waals surface area contributed by atoms with Crippen molar-refractivity contribution < 1.29 is 4.79 Å². The van der Waals surface area contributed by atoms with Crippen LogP contribution in [0.5, 0.6) is 0 Å². The van der Waals surface area contributed by atoms with Gasteiger partial charge in [-0.2, -0.15) is 5.26 Å². The number of carbonyl (C=O) groups is 1. The molecule has 0 bridgehead atoms. The Morgan fingerprint density at radius 1 is 1.31 bits per heavy atom. The molecule has 0 saturated carbocycles. The minimum absolute atomic E-state index is 0.165. The van der Waals surface area contributed by atoms with E-state index in [0.717, 1.165) is 27.9 Å². The molecule has 0 aliphatic rings. The molecule has 4 rings (SSSR count). The summed E-state index contributed by atoms with van der Waals surface area (Å²) in [6.07, 6.45) is 3.80. The van der Waals surface area contributed by atoms with E-state index in [1.54, 1.807) is 24.4 Å². The van der Waals surface area contributed by atoms with Gasteiger partial charge in [-0.3, -0.25) is 4.79 Å². The van der Waals surface area contributed by atoms with Crippen LogP contribution in [0.4, 0.5) is 5.13 Å². The van der Waals surface area contributed by atoms with Gasteiger partial charge in [0.1, 0.15) is 5.65 Å². The number of anilines is 1. The Morgan fingerprint density at radius 3 is 3.12 bits per heavy atom. The molecule has 0 aliphatic carbocycles. The van der Waals surface area contributed by atoms with Crippen LogP contribution < -0.4 is 5.32 Å². The van der Waals surface area contributed by atoms with Crippen LogP contribution in [0.1, 0.15) is 11.1 Å². The Kier molecular flexibility index (Phi) is 4.17. The van der Waals surface area contributed by atoms with Crippen molar-refractivity contribution in [1.29, 1.82) is 5.26 Å². The van der Waals surface area contributed by atoms with Crippen LogP contribution in [-0.4, -0.2) is 20.9 Å². The van der Waals surface area contributed by atoms with Crippen molar-refractivity contribution in [3.05, 3.63) is 65.3 Å². The fraction of sp³-hybridized carbons (Fsp3) is 0.0526. The lowest BCUT2D eigenvalue weighted by Gasteiger charge is -2.02. The first-order chi connectivity index (χ1) is 12.7. The zero-order chi connectivity index (χ0) is 17.9. The Balaban J connectivity index is 1.50. The summed E-state index contributed by atoms with van der Waals surface area (Å²) >= 11 is 1.37. The zero-order valence-corrected chi connectivity index (χ0v) is 14.4. The maximum atomic E-state index is 12.2. The van der Waals surface area contributed by atoms with Gasteiger partial charge in [-0.25, -0.2) is 9.97 Å². The second-order valence-electron chi connectivity index (χ2n) is 5.68. The summed E-state index contributed by atoms with van der Waals surface area (Å²) in [5.41, 5.74) is 3.88. The van der Waals surface area contributed by atoms with Crippen molar-refractivity contribution in [3.63, 3.8) is 0 Å². The van der Waals surface area contributed by atoms with E-state index >= 15 is 0 Å². The minimum Gasteiger partial charge on any atom is -0.345 e. The second kappa shape index (κ2) is 6.78. The minimum atomic E-state index is -0.165. The van der Waals surface area contributed by atoms with Gasteiger partial charge in [0.05, 0.1) is 23.7 Å². The van der Waals surface area contributed by atoms with E-state index in [-0.39, 0.29) is 12.3 Å². The maximum absolute atomic E-state index is 12.2. The van der Waals surface area contributed by atoms with Crippen molar-refractivity contribution in [3.8, 4) is 17.3 Å². The number of nitriles is 1. The van der Waals surface area contributed by atoms with E-state index in [4.69, 9.17) is 5.26 Å². The molecule has 0 spiro atoms. The number of carbonyl (C=O) groups excluding carboxylic acids is 1. The van der Waals surface area contributed by atoms with E-state index in [1.807, 2.05) is 29.8 Å². The highest BCUT2D eigenvalue weighted by molar-refractivity contribution is 7.14. The number of amides is 1. The van der Waals surface area contributed by atoms with Crippen LogP contribution >= 0.6 is 11.3 Å². The number of aromatic nitrogens is 3. The average molecular weight is 359 g/mol. The van der Waals surface area contributed by atoms with Gasteiger partial charge in [0.2, 0.25) is 5.91 Å². The molecular formula is C19H13N5OS. The predicted molar refractivity (Wildman–Crippen MR) is 101 cm³/mol. The molecule has 126 valence electrons. The van der Waals surface area contributed by atoms with Gasteiger partial charge in [0.15, 0.2) is 5.13 Å². The molecule has 1 amide bonds. The molecule has 4 aromatic rings. The number of fused-ring (bicyclic) bond motifs is 1. The van der Waals surface area contributed by atoms with Crippen molar-refractivity contribution >= 4 is 33.4 Å². The van der Waals surface area contributed by atoms with Crippen LogP contribution in [0.2, 0.25) is 0 Å². The van der Waals surface area contributed by atoms with Crippen LogP contribution in [0.25, 0.3) is 22.3 Å². The van der Waals surface area contributed by atoms with Gasteiger partial charge in [-0.15, -0.1) is 11.3 Å². The lowest BCUT2D eigenvalue weighted by molar-refractivity contribution is -0.115. The Labute approximate surface area is 153 Å². The molecule has 2 N–H and O–H groups in total. The maximum Gasteiger partial charge on any atom is 0.230 e. The first-order valence-corrected chi connectivity index (χ1v) is 8.78. The average Bonchev–Trinajstić information content (AvgIpc) is 3.28. The van der Waals surface area contributed by atoms with Gasteiger partial charge in [0, 0.05) is 28.7 Å². The first kappa shape index (κ1) is 16.0. The summed E-state index contributed by atoms with van der Waals surface area (Å²) in [5, 5.41) is 15.2. The third-order valence-corrected chi connectivity index (χ3v) is 4.66. The predicted octanol–water partition coefficient (Wildman–Crippen LogP) is 3.74. The fourth-order valence-corrected chi connectivity index (χ4v) is 3.45. The lowest BCUT2D eigenvalue weighted by Crippen LogP contribution is -2.14. The van der Waals surface area contributed by atoms with Crippen LogP contribution in [0.3, 0.4) is 0 Å². The van der Waals surface area contributed by atoms with E-state index in [9.17, 15) is 4.79 Å². The third-order valence-electron chi connectivity index (χ3n) is 3.90. The number of nitrogens with one attached hydrogen (secondary N) is 2. The van der Waals surface area contributed by atoms with Crippen molar-refractivity contribution in [2.24, 2.45) is 0 Å². The first-order valence-electron chi connectivity index (χ1n) is 7.90. The van der Waals surface area contributed by atoms with E-state index in [0.29, 0.717) is 10.7 Å². The number of nitrogens with zero attached hydrogens (tertiary/aromatic N) is 3. The van der Waals surface area contributed by atoms with Crippen molar-refractivity contribution in [1.82, 2.24) is 15.0 Å². The van der Waals surface area contributed by atoms with Crippen LogP contribution in [0, 0.1) is 11.3 Å². The summed E-state index contributed by atoms with van der Waals surface area (Å²) in [4.78, 5) is 24.1. The molecule has 0 aliphatic heterocycles. The monoisotopic (exact) mass is 359 g/mol. The Morgan fingerprint density at radius 2 is 2.23 bits per heavy atom. The van der Waals surface area contributed by atoms with E-state index < -0.39 is 0 Å². The van der Waals surface area contributed by atoms with E-state index in [1.165, 1.54) is 11.3 Å². The molecular weight excluding hydrogens is 346 g/mol. The molecule has 0 saturated heterocycles. The fourth-order valence-electron chi connectivity index (χ4n) is 2.72. The van der Waals surface area contributed by atoms with Crippen LogP contribution in [0.15, 0.2) is 54.2 Å². The van der Waals surface area contributed by atoms with Gasteiger partial charge in [0.25, 0.3) is 0 Å². The highest BCUT2D eigenvalue weighted by atomic mass is 32.1. The summed E-state index contributed by atoms with van der Waals surface area (Å²) in [7, 11) is 0. The number of benzene rings is 1. The molecule has 1 aromatic carbocycles. The quantitative estimate of drug-likeness (QED) is 0.580. The third kappa shape index (κ3) is 3.18. The smallest absolute Gasteiger partial charge is 0.230 e. The molecule has 0 radical (unpaired) electrons. The molecule has 0 atom stereocenters. The standard InChI is InChI=1S/C19H13N5OS/c20-9-13-4-1-3-12(7-13)8-17(25)24-19-23-16(11-26-19)15-10-22-18-14(15)5-2-6-21-18/h1-7,10-11H,8H2,(H,21,22)(H,23,24,25). The zero-order valence-electron chi connectivity index (χ0n) is 13.6. The molecule has 7 heteroatoms. The number of rotatable bonds is 4. The second-order valence-corrected chi connectivity index (χ2v) is 6.54. The van der Waals surface area contributed by atoms with Crippen molar-refractivity contribution in [2.75, 3.05) is 5.32 Å². The highest BCUT2D eigenvalue weighted by Crippen LogP contribution is 2.30. The molecule has 6 nitrogen and oxygen atoms in total. The summed E-state index contributed by atoms with van der Waals surface area (Å²) < 4.78 is 0. The Hall–Kier alpha value is -3.50. The highest BCUT2D eigenvalue weighted by Gasteiger charge is 2.12. The molecule has 0 fully saturated rings. The summed E-state index contributed by atoms with van der Waals surface area (Å²) in [6.45, 7) is 0. The molecule has 0 unspecified atom stereocenters. The number of hydrogen-bond donors (Lipinski definition) is 2. The SMILES string of the molecule is N#Cc1cccc(CC(=O)Nc2nc(-c3c[nH]c4ncccc34)cs2)c1. The van der Waals surface area contributed by atoms with E-state index in [2.05, 4.69) is 26.3 Å². The van der Waals surface area contributed by atoms with Crippen molar-refractivity contribution in [2.45, 2.75) is 6.42 Å². The Bertz CT molecular complexity index is 1140. The largest absolute Gasteiger partial charge is 0.345 e. The summed E-state index contributed by atoms with van der Waals surface area (Å²) in [6, 6.07) is 13.0. The number of hydrogen-bond acceptors (Lipinski definition) is 5. The lowest BCUT2D eigenvalue weighted by atomic mass is 10.1. The van der Waals surface area contributed by atoms with Crippen LogP contribution in [-0.2, 0) is 11.2 Å². The summed E-state index contributed by atoms with van der Waals surface area (Å²) in [5.74, 6) is -0.165. The topological polar surface area (TPSA) is 94.5 Å². The number of thiazole rings is 1.